The molecule has 0 aliphatic carbocycles. The van der Waals surface area contributed by atoms with Crippen molar-refractivity contribution in [2.45, 2.75) is 12.3 Å². The van der Waals surface area contributed by atoms with E-state index in [1.807, 2.05) is 23.1 Å². The average Bonchev–Trinajstić information content (AvgIpc) is 3.47. The lowest BCUT2D eigenvalue weighted by molar-refractivity contribution is 0.0790. The van der Waals surface area contributed by atoms with Gasteiger partial charge in [-0.05, 0) is 48.4 Å². The highest BCUT2D eigenvalue weighted by atomic mass is 16.2. The van der Waals surface area contributed by atoms with Crippen LogP contribution < -0.4 is 4.90 Å². The zero-order valence-corrected chi connectivity index (χ0v) is 18.2. The van der Waals surface area contributed by atoms with Gasteiger partial charge in [0.25, 0.3) is 17.7 Å². The molecule has 0 N–H and O–H groups in total. The van der Waals surface area contributed by atoms with Gasteiger partial charge in [0.05, 0.1) is 16.7 Å². The van der Waals surface area contributed by atoms with Crippen molar-refractivity contribution in [2.75, 3.05) is 18.0 Å². The fourth-order valence-corrected chi connectivity index (χ4v) is 4.71. The molecule has 34 heavy (non-hydrogen) atoms. The first-order valence-electron chi connectivity index (χ1n) is 11.2. The van der Waals surface area contributed by atoms with Crippen LogP contribution in [0.15, 0.2) is 78.9 Å². The molecule has 1 aromatic heterocycles. The summed E-state index contributed by atoms with van der Waals surface area (Å²) >= 11 is 0. The Hall–Kier alpha value is -4.39. The van der Waals surface area contributed by atoms with E-state index < -0.39 is 11.8 Å². The van der Waals surface area contributed by atoms with Gasteiger partial charge in [0.15, 0.2) is 11.4 Å². The Morgan fingerprint density at radius 2 is 1.35 bits per heavy atom. The Morgan fingerprint density at radius 3 is 1.97 bits per heavy atom. The second-order valence-corrected chi connectivity index (χ2v) is 8.55. The van der Waals surface area contributed by atoms with E-state index >= 15 is 0 Å². The van der Waals surface area contributed by atoms with E-state index in [1.165, 1.54) is 5.56 Å². The Balaban J connectivity index is 1.22. The summed E-state index contributed by atoms with van der Waals surface area (Å²) in [5.41, 5.74) is 3.37. The Morgan fingerprint density at radius 1 is 0.765 bits per heavy atom. The van der Waals surface area contributed by atoms with Gasteiger partial charge in [-0.1, -0.05) is 42.5 Å². The maximum Gasteiger partial charge on any atom is 0.286 e. The molecule has 3 aromatic carbocycles. The van der Waals surface area contributed by atoms with Crippen LogP contribution in [0.4, 0.5) is 5.69 Å². The number of benzene rings is 3. The minimum Gasteiger partial charge on any atom is -0.338 e. The van der Waals surface area contributed by atoms with Crippen molar-refractivity contribution in [3.63, 3.8) is 0 Å². The van der Waals surface area contributed by atoms with Crippen molar-refractivity contribution in [1.29, 1.82) is 0 Å². The molecule has 0 bridgehead atoms. The third-order valence-electron chi connectivity index (χ3n) is 6.50. The summed E-state index contributed by atoms with van der Waals surface area (Å²) in [5, 5.41) is 0. The number of rotatable bonds is 3. The number of hydrogen-bond donors (Lipinski definition) is 0. The molecular formula is C27H20N4O3. The second-order valence-electron chi connectivity index (χ2n) is 8.55. The van der Waals surface area contributed by atoms with Crippen molar-refractivity contribution in [1.82, 2.24) is 14.9 Å². The molecule has 0 saturated carbocycles. The van der Waals surface area contributed by atoms with Gasteiger partial charge in [-0.3, -0.25) is 14.4 Å². The number of nitrogens with zero attached hydrogens (tertiary/aromatic N) is 4. The van der Waals surface area contributed by atoms with E-state index in [0.717, 1.165) is 11.3 Å². The number of carbonyl (C=O) groups is 3. The van der Waals surface area contributed by atoms with Crippen LogP contribution in [0, 0.1) is 0 Å². The molecule has 0 spiro atoms. The minimum atomic E-state index is -0.512. The van der Waals surface area contributed by atoms with Crippen LogP contribution in [-0.4, -0.2) is 45.7 Å². The standard InChI is InChI=1S/C27H20N4O3/c32-25(30-15-14-19(16-30)17-6-2-1-3-7-17)18-10-12-20(13-11-18)31-26(33)23-24(27(31)34)29-22-9-5-4-8-21(22)28-23/h1-13,19H,14-16H2/t19-/m1/s1. The van der Waals surface area contributed by atoms with Gasteiger partial charge in [0.2, 0.25) is 0 Å². The Kier molecular flexibility index (Phi) is 4.69. The topological polar surface area (TPSA) is 83.5 Å². The third-order valence-corrected chi connectivity index (χ3v) is 6.50. The summed E-state index contributed by atoms with van der Waals surface area (Å²) in [6.45, 7) is 1.37. The summed E-state index contributed by atoms with van der Waals surface area (Å²) in [6, 6.07) is 23.9. The molecule has 4 aromatic rings. The normalized spacial score (nSPS) is 17.5. The lowest BCUT2D eigenvalue weighted by Gasteiger charge is -2.18. The molecule has 6 rings (SSSR count). The van der Waals surface area contributed by atoms with E-state index in [9.17, 15) is 14.4 Å². The van der Waals surface area contributed by atoms with Crippen LogP contribution in [0.2, 0.25) is 0 Å². The first-order chi connectivity index (χ1) is 16.6. The average molecular weight is 448 g/mol. The van der Waals surface area contributed by atoms with Gasteiger partial charge < -0.3 is 4.90 Å². The highest BCUT2D eigenvalue weighted by Crippen LogP contribution is 2.30. The number of imide groups is 1. The van der Waals surface area contributed by atoms with E-state index in [-0.39, 0.29) is 17.3 Å². The van der Waals surface area contributed by atoms with Crippen LogP contribution >= 0.6 is 0 Å². The fraction of sp³-hybridized carbons (Fsp3) is 0.148. The molecule has 2 aliphatic heterocycles. The van der Waals surface area contributed by atoms with Crippen molar-refractivity contribution in [3.05, 3.63) is 101 Å². The van der Waals surface area contributed by atoms with Crippen molar-refractivity contribution >= 4 is 34.4 Å². The Labute approximate surface area is 195 Å². The van der Waals surface area contributed by atoms with Gasteiger partial charge in [-0.15, -0.1) is 0 Å². The highest BCUT2D eigenvalue weighted by molar-refractivity contribution is 6.33. The number of aromatic nitrogens is 2. The molecule has 3 heterocycles. The number of amides is 3. The molecule has 0 radical (unpaired) electrons. The maximum atomic E-state index is 13.1. The van der Waals surface area contributed by atoms with Crippen LogP contribution in [-0.2, 0) is 0 Å². The third kappa shape index (κ3) is 3.25. The quantitative estimate of drug-likeness (QED) is 0.442. The Bertz CT molecular complexity index is 1400. The van der Waals surface area contributed by atoms with Gasteiger partial charge >= 0.3 is 0 Å². The molecule has 1 fully saturated rings. The van der Waals surface area contributed by atoms with Crippen molar-refractivity contribution < 1.29 is 14.4 Å². The molecule has 1 saturated heterocycles. The van der Waals surface area contributed by atoms with E-state index in [4.69, 9.17) is 0 Å². The number of para-hydroxylation sites is 2. The molecule has 0 unspecified atom stereocenters. The molecular weight excluding hydrogens is 428 g/mol. The smallest absolute Gasteiger partial charge is 0.286 e. The first kappa shape index (κ1) is 20.2. The molecule has 2 aliphatic rings. The monoisotopic (exact) mass is 448 g/mol. The predicted octanol–water partition coefficient (Wildman–Crippen LogP) is 4.06. The zero-order chi connectivity index (χ0) is 23.2. The van der Waals surface area contributed by atoms with Gasteiger partial charge in [0.1, 0.15) is 0 Å². The summed E-state index contributed by atoms with van der Waals surface area (Å²) < 4.78 is 0. The lowest BCUT2D eigenvalue weighted by atomic mass is 9.99. The highest BCUT2D eigenvalue weighted by Gasteiger charge is 2.40. The van der Waals surface area contributed by atoms with Gasteiger partial charge in [-0.25, -0.2) is 14.9 Å². The number of likely N-dealkylation sites (tertiary alicyclic amines) is 1. The van der Waals surface area contributed by atoms with Gasteiger partial charge in [-0.2, -0.15) is 0 Å². The van der Waals surface area contributed by atoms with Crippen molar-refractivity contribution in [3.8, 4) is 0 Å². The van der Waals surface area contributed by atoms with Crippen molar-refractivity contribution in [2.24, 2.45) is 0 Å². The molecule has 1 atom stereocenters. The molecule has 7 nitrogen and oxygen atoms in total. The summed E-state index contributed by atoms with van der Waals surface area (Å²) in [6.07, 6.45) is 0.928. The summed E-state index contributed by atoms with van der Waals surface area (Å²) in [5.74, 6) is -0.745. The van der Waals surface area contributed by atoms with Gasteiger partial charge in [0, 0.05) is 24.6 Å². The van der Waals surface area contributed by atoms with E-state index in [0.29, 0.717) is 41.3 Å². The molecule has 3 amide bonds. The maximum absolute atomic E-state index is 13.1. The van der Waals surface area contributed by atoms with E-state index in [2.05, 4.69) is 22.1 Å². The summed E-state index contributed by atoms with van der Waals surface area (Å²) in [7, 11) is 0. The molecule has 166 valence electrons. The lowest BCUT2D eigenvalue weighted by Crippen LogP contribution is -2.30. The first-order valence-corrected chi connectivity index (χ1v) is 11.2. The van der Waals surface area contributed by atoms with E-state index in [1.54, 1.807) is 48.5 Å². The van der Waals surface area contributed by atoms with Crippen LogP contribution in [0.1, 0.15) is 49.2 Å². The number of hydrogen-bond acceptors (Lipinski definition) is 5. The number of carbonyl (C=O) groups excluding carboxylic acids is 3. The SMILES string of the molecule is O=C(c1ccc(N2C(=O)c3nc4ccccc4nc3C2=O)cc1)N1CC[C@@H](c2ccccc2)C1. The minimum absolute atomic E-state index is 0.0490. The fourth-order valence-electron chi connectivity index (χ4n) is 4.71. The number of anilines is 1. The van der Waals surface area contributed by atoms with Crippen LogP contribution in [0.5, 0.6) is 0 Å². The molecule has 7 heteroatoms. The summed E-state index contributed by atoms with van der Waals surface area (Å²) in [4.78, 5) is 50.7. The zero-order valence-electron chi connectivity index (χ0n) is 18.2. The van der Waals surface area contributed by atoms with Crippen LogP contribution in [0.25, 0.3) is 11.0 Å². The number of fused-ring (bicyclic) bond motifs is 2. The predicted molar refractivity (Wildman–Crippen MR) is 127 cm³/mol. The second kappa shape index (κ2) is 7.88. The largest absolute Gasteiger partial charge is 0.338 e. The van der Waals surface area contributed by atoms with Crippen LogP contribution in [0.3, 0.4) is 0 Å².